The summed E-state index contributed by atoms with van der Waals surface area (Å²) in [6.45, 7) is 4.76. The standard InChI is InChI=1S/C16H19N3O2S/c17-15-13(11-12-3-1-2-4-14(12)22-15)16(20)18-5-6-19-7-9-21-10-8-19/h1-4,11,17H,5-10H2,(H,18,20). The van der Waals surface area contributed by atoms with Crippen LogP contribution in [0.1, 0.15) is 10.4 Å². The third-order valence-corrected chi connectivity index (χ3v) is 4.75. The number of fused-ring (bicyclic) bond motifs is 1. The van der Waals surface area contributed by atoms with E-state index in [9.17, 15) is 4.79 Å². The van der Waals surface area contributed by atoms with Crippen molar-refractivity contribution in [1.29, 1.82) is 5.41 Å². The van der Waals surface area contributed by atoms with Crippen molar-refractivity contribution in [3.63, 3.8) is 0 Å². The summed E-state index contributed by atoms with van der Waals surface area (Å²) in [6.07, 6.45) is 0. The molecule has 2 heterocycles. The highest BCUT2D eigenvalue weighted by Gasteiger charge is 2.12. The Hall–Kier alpha value is -1.76. The topological polar surface area (TPSA) is 65.4 Å². The number of nitrogens with zero attached hydrogens (tertiary/aromatic N) is 1. The zero-order chi connectivity index (χ0) is 15.4. The Morgan fingerprint density at radius 3 is 2.91 bits per heavy atom. The number of carbonyl (C=O) groups is 1. The molecule has 0 unspecified atom stereocenters. The fraction of sp³-hybridized carbons (Fsp3) is 0.375. The van der Waals surface area contributed by atoms with Crippen molar-refractivity contribution in [2.24, 2.45) is 0 Å². The van der Waals surface area contributed by atoms with Gasteiger partial charge in [0, 0.05) is 30.9 Å². The predicted molar refractivity (Wildman–Crippen MR) is 87.3 cm³/mol. The van der Waals surface area contributed by atoms with Crippen LogP contribution in [-0.2, 0) is 4.74 Å². The largest absolute Gasteiger partial charge is 0.379 e. The Morgan fingerprint density at radius 2 is 2.09 bits per heavy atom. The van der Waals surface area contributed by atoms with Crippen LogP contribution in [0.5, 0.6) is 0 Å². The molecule has 22 heavy (non-hydrogen) atoms. The fourth-order valence-electron chi connectivity index (χ4n) is 2.49. The summed E-state index contributed by atoms with van der Waals surface area (Å²) in [5, 5.41) is 12.0. The average molecular weight is 317 g/mol. The lowest BCUT2D eigenvalue weighted by Gasteiger charge is -2.26. The molecule has 5 nitrogen and oxygen atoms in total. The summed E-state index contributed by atoms with van der Waals surface area (Å²) in [6, 6.07) is 9.63. The lowest BCUT2D eigenvalue weighted by molar-refractivity contribution is 0.0383. The highest BCUT2D eigenvalue weighted by molar-refractivity contribution is 7.16. The Labute approximate surface area is 133 Å². The number of benzene rings is 1. The molecule has 0 aliphatic carbocycles. The summed E-state index contributed by atoms with van der Waals surface area (Å²) in [5.41, 5.74) is 0.450. The van der Waals surface area contributed by atoms with Crippen LogP contribution in [0.3, 0.4) is 0 Å². The van der Waals surface area contributed by atoms with Crippen molar-refractivity contribution in [3.05, 3.63) is 40.6 Å². The molecule has 116 valence electrons. The van der Waals surface area contributed by atoms with Gasteiger partial charge in [-0.05, 0) is 17.5 Å². The van der Waals surface area contributed by atoms with Crippen molar-refractivity contribution < 1.29 is 9.53 Å². The second-order valence-corrected chi connectivity index (χ2v) is 6.29. The van der Waals surface area contributed by atoms with E-state index in [1.165, 1.54) is 11.3 Å². The molecule has 1 fully saturated rings. The molecule has 1 aliphatic rings. The Morgan fingerprint density at radius 1 is 1.32 bits per heavy atom. The van der Waals surface area contributed by atoms with Crippen LogP contribution in [0.15, 0.2) is 30.3 Å². The molecule has 0 spiro atoms. The minimum Gasteiger partial charge on any atom is -0.379 e. The number of carbonyl (C=O) groups excluding carboxylic acids is 1. The summed E-state index contributed by atoms with van der Waals surface area (Å²) < 4.78 is 6.63. The number of rotatable bonds is 4. The molecule has 1 aliphatic heterocycles. The van der Waals surface area contributed by atoms with E-state index in [0.29, 0.717) is 16.8 Å². The maximum Gasteiger partial charge on any atom is 0.254 e. The van der Waals surface area contributed by atoms with Gasteiger partial charge < -0.3 is 10.1 Å². The second-order valence-electron chi connectivity index (χ2n) is 5.24. The number of nitrogens with one attached hydrogen (secondary N) is 2. The van der Waals surface area contributed by atoms with E-state index >= 15 is 0 Å². The van der Waals surface area contributed by atoms with Gasteiger partial charge in [0.05, 0.1) is 18.8 Å². The van der Waals surface area contributed by atoms with Crippen molar-refractivity contribution in [2.45, 2.75) is 0 Å². The van der Waals surface area contributed by atoms with Gasteiger partial charge in [-0.25, -0.2) is 0 Å². The Bertz CT molecular complexity index is 723. The van der Waals surface area contributed by atoms with Gasteiger partial charge in [-0.2, -0.15) is 0 Å². The first-order valence-electron chi connectivity index (χ1n) is 7.40. The van der Waals surface area contributed by atoms with Gasteiger partial charge >= 0.3 is 0 Å². The minimum absolute atomic E-state index is 0.166. The van der Waals surface area contributed by atoms with Crippen LogP contribution in [-0.4, -0.2) is 50.2 Å². The first kappa shape index (κ1) is 15.1. The van der Waals surface area contributed by atoms with Crippen LogP contribution in [0.4, 0.5) is 0 Å². The van der Waals surface area contributed by atoms with Crippen LogP contribution >= 0.6 is 11.3 Å². The molecule has 0 radical (unpaired) electrons. The van der Waals surface area contributed by atoms with Crippen LogP contribution < -0.4 is 9.99 Å². The van der Waals surface area contributed by atoms with E-state index in [-0.39, 0.29) is 5.91 Å². The number of ether oxygens (including phenoxy) is 1. The van der Waals surface area contributed by atoms with Crippen molar-refractivity contribution in [3.8, 4) is 0 Å². The van der Waals surface area contributed by atoms with E-state index in [0.717, 1.165) is 42.9 Å². The molecule has 0 atom stereocenters. The maximum atomic E-state index is 12.3. The normalized spacial score (nSPS) is 15.8. The highest BCUT2D eigenvalue weighted by Crippen LogP contribution is 2.16. The molecule has 2 N–H and O–H groups in total. The summed E-state index contributed by atoms with van der Waals surface area (Å²) in [4.78, 5) is 14.6. The maximum absolute atomic E-state index is 12.3. The van der Waals surface area contributed by atoms with Crippen LogP contribution in [0.2, 0.25) is 0 Å². The second kappa shape index (κ2) is 7.00. The first-order chi connectivity index (χ1) is 10.7. The number of amides is 1. The molecule has 1 aromatic heterocycles. The summed E-state index contributed by atoms with van der Waals surface area (Å²) >= 11 is 1.34. The quantitative estimate of drug-likeness (QED) is 0.897. The van der Waals surface area contributed by atoms with Crippen molar-refractivity contribution in [2.75, 3.05) is 39.4 Å². The number of hydrogen-bond donors (Lipinski definition) is 2. The monoisotopic (exact) mass is 317 g/mol. The zero-order valence-corrected chi connectivity index (χ0v) is 13.1. The smallest absolute Gasteiger partial charge is 0.254 e. The molecular weight excluding hydrogens is 298 g/mol. The Balaban J connectivity index is 1.64. The molecule has 3 rings (SSSR count). The molecule has 0 bridgehead atoms. The molecule has 0 saturated carbocycles. The van der Waals surface area contributed by atoms with Crippen LogP contribution in [0, 0.1) is 5.41 Å². The SMILES string of the molecule is N=c1sc2ccccc2cc1C(=O)NCCN1CCOCC1. The van der Waals surface area contributed by atoms with Gasteiger partial charge in [-0.1, -0.05) is 18.2 Å². The zero-order valence-electron chi connectivity index (χ0n) is 12.3. The molecular formula is C16H19N3O2S. The molecule has 6 heteroatoms. The summed E-state index contributed by atoms with van der Waals surface area (Å²) in [5.74, 6) is -0.166. The highest BCUT2D eigenvalue weighted by atomic mass is 32.1. The van der Waals surface area contributed by atoms with E-state index < -0.39 is 0 Å². The van der Waals surface area contributed by atoms with E-state index in [1.807, 2.05) is 24.3 Å². The Kier molecular flexibility index (Phi) is 4.82. The molecule has 2 aromatic rings. The molecule has 1 aromatic carbocycles. The van der Waals surface area contributed by atoms with E-state index in [2.05, 4.69) is 10.2 Å². The van der Waals surface area contributed by atoms with E-state index in [4.69, 9.17) is 10.1 Å². The van der Waals surface area contributed by atoms with Crippen LogP contribution in [0.25, 0.3) is 10.1 Å². The first-order valence-corrected chi connectivity index (χ1v) is 8.21. The van der Waals surface area contributed by atoms with E-state index in [1.54, 1.807) is 6.07 Å². The van der Waals surface area contributed by atoms with Crippen molar-refractivity contribution in [1.82, 2.24) is 10.2 Å². The number of hydrogen-bond acceptors (Lipinski definition) is 5. The average Bonchev–Trinajstić information content (AvgIpc) is 2.55. The lowest BCUT2D eigenvalue weighted by atomic mass is 10.2. The predicted octanol–water partition coefficient (Wildman–Crippen LogP) is 1.44. The van der Waals surface area contributed by atoms with Gasteiger partial charge in [-0.15, -0.1) is 11.3 Å². The minimum atomic E-state index is -0.166. The van der Waals surface area contributed by atoms with Gasteiger partial charge in [0.1, 0.15) is 4.67 Å². The lowest BCUT2D eigenvalue weighted by Crippen LogP contribution is -2.41. The molecule has 1 amide bonds. The van der Waals surface area contributed by atoms with Crippen molar-refractivity contribution >= 4 is 27.3 Å². The van der Waals surface area contributed by atoms with Gasteiger partial charge in [-0.3, -0.25) is 15.1 Å². The summed E-state index contributed by atoms with van der Waals surface area (Å²) in [7, 11) is 0. The van der Waals surface area contributed by atoms with Gasteiger partial charge in [0.15, 0.2) is 0 Å². The van der Waals surface area contributed by atoms with Gasteiger partial charge in [0.2, 0.25) is 0 Å². The third-order valence-electron chi connectivity index (χ3n) is 3.74. The number of morpholine rings is 1. The third kappa shape index (κ3) is 3.52. The molecule has 1 saturated heterocycles. The van der Waals surface area contributed by atoms with Gasteiger partial charge in [0.25, 0.3) is 5.91 Å². The fourth-order valence-corrected chi connectivity index (χ4v) is 3.37.